The lowest BCUT2D eigenvalue weighted by Gasteiger charge is -2.34. The van der Waals surface area contributed by atoms with E-state index in [2.05, 4.69) is 10.2 Å². The van der Waals surface area contributed by atoms with E-state index in [0.29, 0.717) is 39.1 Å². The molecule has 2 aliphatic heterocycles. The number of carbonyl (C=O) groups excluding carboxylic acids is 1. The van der Waals surface area contributed by atoms with Gasteiger partial charge in [-0.25, -0.2) is 12.8 Å². The standard InChI is InChI=1S/C24H30FN3O4S/c25-21-8-10-22(11-9-21)33(30,31)28-12-4-7-20(17-28)24(29)26-23(19-5-2-1-3-6-19)18-27-13-15-32-16-14-27/h1-3,5-6,8-11,20,23H,4,7,12-18H2,(H,26,29)/t20-,23+/m0/s1. The fourth-order valence-electron chi connectivity index (χ4n) is 4.38. The van der Waals surface area contributed by atoms with Crippen LogP contribution in [0.15, 0.2) is 59.5 Å². The first-order valence-electron chi connectivity index (χ1n) is 11.3. The van der Waals surface area contributed by atoms with Crippen LogP contribution in [0.1, 0.15) is 24.4 Å². The Morgan fingerprint density at radius 3 is 2.45 bits per heavy atom. The van der Waals surface area contributed by atoms with Gasteiger partial charge < -0.3 is 10.1 Å². The number of amides is 1. The van der Waals surface area contributed by atoms with Crippen LogP contribution in [0.5, 0.6) is 0 Å². The molecule has 0 aromatic heterocycles. The quantitative estimate of drug-likeness (QED) is 0.666. The molecule has 0 bridgehead atoms. The molecular weight excluding hydrogens is 445 g/mol. The molecule has 2 atom stereocenters. The number of ether oxygens (including phenoxy) is 1. The summed E-state index contributed by atoms with van der Waals surface area (Å²) in [5.41, 5.74) is 1.02. The van der Waals surface area contributed by atoms with Crippen molar-refractivity contribution in [2.75, 3.05) is 45.9 Å². The minimum atomic E-state index is -3.78. The molecule has 33 heavy (non-hydrogen) atoms. The van der Waals surface area contributed by atoms with E-state index in [9.17, 15) is 17.6 Å². The maximum atomic E-state index is 13.3. The molecule has 9 heteroatoms. The third-order valence-electron chi connectivity index (χ3n) is 6.27. The molecule has 0 spiro atoms. The van der Waals surface area contributed by atoms with E-state index in [4.69, 9.17) is 4.74 Å². The van der Waals surface area contributed by atoms with Crippen molar-refractivity contribution < 1.29 is 22.3 Å². The van der Waals surface area contributed by atoms with Gasteiger partial charge in [-0.2, -0.15) is 4.31 Å². The third kappa shape index (κ3) is 5.97. The minimum absolute atomic E-state index is 0.0411. The normalized spacial score (nSPS) is 21.4. The van der Waals surface area contributed by atoms with Crippen LogP contribution < -0.4 is 5.32 Å². The molecule has 2 heterocycles. The SMILES string of the molecule is O=C(N[C@H](CN1CCOCC1)c1ccccc1)[C@H]1CCCN(S(=O)(=O)c2ccc(F)cc2)C1. The number of hydrogen-bond acceptors (Lipinski definition) is 5. The minimum Gasteiger partial charge on any atom is -0.379 e. The van der Waals surface area contributed by atoms with Crippen molar-refractivity contribution in [3.05, 3.63) is 66.0 Å². The zero-order chi connectivity index (χ0) is 23.3. The van der Waals surface area contributed by atoms with Crippen LogP contribution in [0.4, 0.5) is 4.39 Å². The molecule has 0 radical (unpaired) electrons. The molecule has 1 N–H and O–H groups in total. The van der Waals surface area contributed by atoms with Gasteiger partial charge in [0.1, 0.15) is 5.82 Å². The van der Waals surface area contributed by atoms with Crippen LogP contribution in [0.25, 0.3) is 0 Å². The van der Waals surface area contributed by atoms with E-state index in [1.807, 2.05) is 30.3 Å². The number of halogens is 1. The highest BCUT2D eigenvalue weighted by Crippen LogP contribution is 2.25. The van der Waals surface area contributed by atoms with E-state index in [0.717, 1.165) is 30.8 Å². The summed E-state index contributed by atoms with van der Waals surface area (Å²) in [7, 11) is -3.78. The number of carbonyl (C=O) groups is 1. The van der Waals surface area contributed by atoms with Crippen molar-refractivity contribution in [2.45, 2.75) is 23.8 Å². The smallest absolute Gasteiger partial charge is 0.243 e. The monoisotopic (exact) mass is 475 g/mol. The number of rotatable bonds is 7. The fraction of sp³-hybridized carbons (Fsp3) is 0.458. The Balaban J connectivity index is 1.45. The molecular formula is C24H30FN3O4S. The molecule has 2 aliphatic rings. The first-order valence-corrected chi connectivity index (χ1v) is 12.8. The van der Waals surface area contributed by atoms with E-state index >= 15 is 0 Å². The zero-order valence-electron chi connectivity index (χ0n) is 18.5. The lowest BCUT2D eigenvalue weighted by Crippen LogP contribution is -2.48. The van der Waals surface area contributed by atoms with Crippen LogP contribution in [0, 0.1) is 11.7 Å². The van der Waals surface area contributed by atoms with E-state index in [1.165, 1.54) is 16.4 Å². The van der Waals surface area contributed by atoms with Gasteiger partial charge in [-0.15, -0.1) is 0 Å². The summed E-state index contributed by atoms with van der Waals surface area (Å²) < 4.78 is 46.1. The van der Waals surface area contributed by atoms with Crippen molar-refractivity contribution >= 4 is 15.9 Å². The summed E-state index contributed by atoms with van der Waals surface area (Å²) in [6, 6.07) is 14.4. The van der Waals surface area contributed by atoms with Crippen LogP contribution in [-0.2, 0) is 19.6 Å². The summed E-state index contributed by atoms with van der Waals surface area (Å²) in [6.45, 7) is 4.11. The second-order valence-corrected chi connectivity index (χ2v) is 10.5. The van der Waals surface area contributed by atoms with Gasteiger partial charge in [0.2, 0.25) is 15.9 Å². The Labute approximate surface area is 194 Å². The maximum Gasteiger partial charge on any atom is 0.243 e. The van der Waals surface area contributed by atoms with E-state index < -0.39 is 21.8 Å². The van der Waals surface area contributed by atoms with Crippen LogP contribution in [-0.4, -0.2) is 69.5 Å². The molecule has 4 rings (SSSR count). The van der Waals surface area contributed by atoms with Crippen molar-refractivity contribution in [3.63, 3.8) is 0 Å². The highest BCUT2D eigenvalue weighted by molar-refractivity contribution is 7.89. The second-order valence-electron chi connectivity index (χ2n) is 8.54. The van der Waals surface area contributed by atoms with Crippen LogP contribution >= 0.6 is 0 Å². The van der Waals surface area contributed by atoms with Gasteiger partial charge in [0.25, 0.3) is 0 Å². The Morgan fingerprint density at radius 2 is 1.76 bits per heavy atom. The van der Waals surface area contributed by atoms with Crippen molar-refractivity contribution in [3.8, 4) is 0 Å². The first-order chi connectivity index (χ1) is 15.9. The average molecular weight is 476 g/mol. The Hall–Kier alpha value is -2.33. The fourth-order valence-corrected chi connectivity index (χ4v) is 5.91. The maximum absolute atomic E-state index is 13.3. The molecule has 2 aromatic rings. The number of piperidine rings is 1. The number of nitrogens with one attached hydrogen (secondary N) is 1. The molecule has 2 fully saturated rings. The number of benzene rings is 2. The predicted molar refractivity (Wildman–Crippen MR) is 122 cm³/mol. The highest BCUT2D eigenvalue weighted by atomic mass is 32.2. The summed E-state index contributed by atoms with van der Waals surface area (Å²) >= 11 is 0. The number of morpholine rings is 1. The Kier molecular flexibility index (Phi) is 7.75. The molecule has 1 amide bonds. The van der Waals surface area contributed by atoms with Gasteiger partial charge in [-0.1, -0.05) is 30.3 Å². The summed E-state index contributed by atoms with van der Waals surface area (Å²) in [5.74, 6) is -1.07. The zero-order valence-corrected chi connectivity index (χ0v) is 19.3. The van der Waals surface area contributed by atoms with E-state index in [-0.39, 0.29) is 23.4 Å². The lowest BCUT2D eigenvalue weighted by atomic mass is 9.97. The summed E-state index contributed by atoms with van der Waals surface area (Å²) in [6.07, 6.45) is 1.22. The van der Waals surface area contributed by atoms with E-state index in [1.54, 1.807) is 0 Å². The molecule has 0 unspecified atom stereocenters. The molecule has 178 valence electrons. The number of hydrogen-bond donors (Lipinski definition) is 1. The average Bonchev–Trinajstić information content (AvgIpc) is 2.85. The molecule has 0 saturated carbocycles. The first kappa shape index (κ1) is 23.8. The van der Waals surface area contributed by atoms with Gasteiger partial charge in [0.15, 0.2) is 0 Å². The summed E-state index contributed by atoms with van der Waals surface area (Å²) in [5, 5.41) is 3.18. The topological polar surface area (TPSA) is 79.0 Å². The number of sulfonamides is 1. The Bertz CT molecular complexity index is 1030. The predicted octanol–water partition coefficient (Wildman–Crippen LogP) is 2.42. The molecule has 2 aromatic carbocycles. The highest BCUT2D eigenvalue weighted by Gasteiger charge is 2.34. The molecule has 7 nitrogen and oxygen atoms in total. The molecule has 2 saturated heterocycles. The largest absolute Gasteiger partial charge is 0.379 e. The van der Waals surface area contributed by atoms with Crippen molar-refractivity contribution in [1.82, 2.24) is 14.5 Å². The summed E-state index contributed by atoms with van der Waals surface area (Å²) in [4.78, 5) is 15.6. The van der Waals surface area contributed by atoms with Gasteiger partial charge in [-0.3, -0.25) is 9.69 Å². The van der Waals surface area contributed by atoms with Gasteiger partial charge >= 0.3 is 0 Å². The second kappa shape index (κ2) is 10.7. The van der Waals surface area contributed by atoms with Crippen molar-refractivity contribution in [2.24, 2.45) is 5.92 Å². The lowest BCUT2D eigenvalue weighted by molar-refractivity contribution is -0.127. The van der Waals surface area contributed by atoms with Crippen LogP contribution in [0.3, 0.4) is 0 Å². The Morgan fingerprint density at radius 1 is 1.06 bits per heavy atom. The van der Waals surface area contributed by atoms with Gasteiger partial charge in [0.05, 0.1) is 30.1 Å². The van der Waals surface area contributed by atoms with Gasteiger partial charge in [0, 0.05) is 32.7 Å². The van der Waals surface area contributed by atoms with Gasteiger partial charge in [-0.05, 0) is 42.7 Å². The van der Waals surface area contributed by atoms with Crippen LogP contribution in [0.2, 0.25) is 0 Å². The third-order valence-corrected chi connectivity index (χ3v) is 8.15. The van der Waals surface area contributed by atoms with Crippen molar-refractivity contribution in [1.29, 1.82) is 0 Å². The molecule has 0 aliphatic carbocycles. The number of nitrogens with zero attached hydrogens (tertiary/aromatic N) is 2.